The van der Waals surface area contributed by atoms with Crippen molar-refractivity contribution in [1.82, 2.24) is 9.88 Å². The SMILES string of the molecule is N#Cc1ncc(C(F)(F)F)cc1N1CCN(C(c2ccccc2)c2ccccc2)CC1. The largest absolute Gasteiger partial charge is 0.417 e. The molecule has 4 nitrogen and oxygen atoms in total. The monoisotopic (exact) mass is 422 g/mol. The van der Waals surface area contributed by atoms with Crippen molar-refractivity contribution in [2.75, 3.05) is 31.1 Å². The Labute approximate surface area is 179 Å². The Morgan fingerprint density at radius 1 is 0.871 bits per heavy atom. The summed E-state index contributed by atoms with van der Waals surface area (Å²) in [5.41, 5.74) is 1.76. The fraction of sp³-hybridized carbons (Fsp3) is 0.250. The minimum atomic E-state index is -4.50. The molecule has 1 aromatic heterocycles. The second kappa shape index (κ2) is 8.78. The molecular weight excluding hydrogens is 401 g/mol. The summed E-state index contributed by atoms with van der Waals surface area (Å²) in [5.74, 6) is 0. The van der Waals surface area contributed by atoms with Crippen LogP contribution in [0.15, 0.2) is 72.9 Å². The molecule has 158 valence electrons. The molecule has 0 unspecified atom stereocenters. The standard InChI is InChI=1S/C24H21F3N4/c25-24(26,27)20-15-22(21(16-28)29-17-20)30-11-13-31(14-12-30)23(18-7-3-1-4-8-18)19-9-5-2-6-10-19/h1-10,15,17,23H,11-14H2. The fourth-order valence-corrected chi connectivity index (χ4v) is 4.04. The normalized spacial score (nSPS) is 15.1. The molecule has 3 aromatic rings. The van der Waals surface area contributed by atoms with Crippen LogP contribution in [0.1, 0.15) is 28.4 Å². The predicted octanol–water partition coefficient (Wildman–Crippen LogP) is 4.88. The van der Waals surface area contributed by atoms with Crippen molar-refractivity contribution in [2.45, 2.75) is 12.2 Å². The van der Waals surface area contributed by atoms with Gasteiger partial charge < -0.3 is 4.90 Å². The molecule has 0 saturated carbocycles. The first-order valence-corrected chi connectivity index (χ1v) is 10.0. The number of rotatable bonds is 4. The van der Waals surface area contributed by atoms with Crippen LogP contribution in [0, 0.1) is 11.3 Å². The average Bonchev–Trinajstić information content (AvgIpc) is 2.80. The van der Waals surface area contributed by atoms with E-state index in [4.69, 9.17) is 0 Å². The van der Waals surface area contributed by atoms with Crippen molar-refractivity contribution in [2.24, 2.45) is 0 Å². The summed E-state index contributed by atoms with van der Waals surface area (Å²) in [5, 5.41) is 9.35. The Morgan fingerprint density at radius 3 is 1.90 bits per heavy atom. The molecule has 1 saturated heterocycles. The Morgan fingerprint density at radius 2 is 1.42 bits per heavy atom. The molecule has 0 bridgehead atoms. The highest BCUT2D eigenvalue weighted by Crippen LogP contribution is 2.34. The molecule has 0 spiro atoms. The van der Waals surface area contributed by atoms with Crippen molar-refractivity contribution in [3.8, 4) is 6.07 Å². The third kappa shape index (κ3) is 4.54. The van der Waals surface area contributed by atoms with E-state index in [0.29, 0.717) is 26.2 Å². The molecule has 1 fully saturated rings. The van der Waals surface area contributed by atoms with Gasteiger partial charge in [0.25, 0.3) is 0 Å². The van der Waals surface area contributed by atoms with E-state index in [-0.39, 0.29) is 17.4 Å². The van der Waals surface area contributed by atoms with E-state index in [0.717, 1.165) is 12.3 Å². The lowest BCUT2D eigenvalue weighted by Gasteiger charge is -2.40. The van der Waals surface area contributed by atoms with Gasteiger partial charge in [-0.05, 0) is 17.2 Å². The van der Waals surface area contributed by atoms with Crippen LogP contribution in [0.3, 0.4) is 0 Å². The molecule has 0 radical (unpaired) electrons. The van der Waals surface area contributed by atoms with Crippen molar-refractivity contribution >= 4 is 5.69 Å². The maximum Gasteiger partial charge on any atom is 0.417 e. The zero-order valence-corrected chi connectivity index (χ0v) is 16.8. The number of piperazine rings is 1. The zero-order valence-electron chi connectivity index (χ0n) is 16.8. The zero-order chi connectivity index (χ0) is 21.8. The van der Waals surface area contributed by atoms with Crippen LogP contribution in [0.4, 0.5) is 18.9 Å². The molecule has 0 amide bonds. The molecule has 4 rings (SSSR count). The van der Waals surface area contributed by atoms with Crippen molar-refractivity contribution in [3.63, 3.8) is 0 Å². The van der Waals surface area contributed by atoms with Crippen LogP contribution in [-0.2, 0) is 6.18 Å². The number of hydrogen-bond donors (Lipinski definition) is 0. The number of aromatic nitrogens is 1. The second-order valence-corrected chi connectivity index (χ2v) is 7.45. The molecule has 2 aromatic carbocycles. The van der Waals surface area contributed by atoms with Gasteiger partial charge in [-0.15, -0.1) is 0 Å². The third-order valence-corrected chi connectivity index (χ3v) is 5.55. The average molecular weight is 422 g/mol. The first-order chi connectivity index (χ1) is 15.0. The van der Waals surface area contributed by atoms with Gasteiger partial charge in [-0.2, -0.15) is 18.4 Å². The molecule has 7 heteroatoms. The van der Waals surface area contributed by atoms with E-state index in [1.54, 1.807) is 0 Å². The van der Waals surface area contributed by atoms with Crippen LogP contribution >= 0.6 is 0 Å². The Bertz CT molecular complexity index is 1010. The van der Waals surface area contributed by atoms with Gasteiger partial charge in [0, 0.05) is 32.4 Å². The number of alkyl halides is 3. The summed E-state index contributed by atoms with van der Waals surface area (Å²) in [7, 11) is 0. The quantitative estimate of drug-likeness (QED) is 0.601. The Kier molecular flexibility index (Phi) is 5.92. The van der Waals surface area contributed by atoms with E-state index in [2.05, 4.69) is 34.1 Å². The Hall–Kier alpha value is -3.37. The number of pyridine rings is 1. The van der Waals surface area contributed by atoms with Gasteiger partial charge in [0.15, 0.2) is 5.69 Å². The second-order valence-electron chi connectivity index (χ2n) is 7.45. The van der Waals surface area contributed by atoms with E-state index in [9.17, 15) is 18.4 Å². The van der Waals surface area contributed by atoms with Crippen molar-refractivity contribution in [3.05, 3.63) is 95.3 Å². The summed E-state index contributed by atoms with van der Waals surface area (Å²) in [6.45, 7) is 2.31. The minimum Gasteiger partial charge on any atom is -0.367 e. The molecule has 0 aliphatic carbocycles. The minimum absolute atomic E-state index is 0.0177. The maximum atomic E-state index is 13.2. The van der Waals surface area contributed by atoms with Gasteiger partial charge >= 0.3 is 6.18 Å². The number of hydrogen-bond acceptors (Lipinski definition) is 4. The van der Waals surface area contributed by atoms with Gasteiger partial charge in [0.2, 0.25) is 0 Å². The van der Waals surface area contributed by atoms with E-state index in [1.165, 1.54) is 11.1 Å². The molecule has 31 heavy (non-hydrogen) atoms. The maximum absolute atomic E-state index is 13.2. The van der Waals surface area contributed by atoms with Crippen LogP contribution in [0.2, 0.25) is 0 Å². The fourth-order valence-electron chi connectivity index (χ4n) is 4.04. The molecule has 0 atom stereocenters. The molecule has 0 N–H and O–H groups in total. The van der Waals surface area contributed by atoms with Gasteiger partial charge in [0.1, 0.15) is 6.07 Å². The lowest BCUT2D eigenvalue weighted by molar-refractivity contribution is -0.137. The summed E-state index contributed by atoms with van der Waals surface area (Å²) in [6, 6.07) is 23.4. The topological polar surface area (TPSA) is 43.2 Å². The number of benzene rings is 2. The lowest BCUT2D eigenvalue weighted by atomic mass is 9.96. The lowest BCUT2D eigenvalue weighted by Crippen LogP contribution is -2.48. The van der Waals surface area contributed by atoms with Crippen LogP contribution in [0.5, 0.6) is 0 Å². The van der Waals surface area contributed by atoms with Crippen LogP contribution in [0.25, 0.3) is 0 Å². The molecule has 2 heterocycles. The smallest absolute Gasteiger partial charge is 0.367 e. The molecule has 1 aliphatic rings. The summed E-state index contributed by atoms with van der Waals surface area (Å²) in [4.78, 5) is 7.90. The van der Waals surface area contributed by atoms with Gasteiger partial charge in [-0.25, -0.2) is 4.98 Å². The summed E-state index contributed by atoms with van der Waals surface area (Å²) >= 11 is 0. The van der Waals surface area contributed by atoms with E-state index in [1.807, 2.05) is 47.4 Å². The van der Waals surface area contributed by atoms with Gasteiger partial charge in [0.05, 0.1) is 17.3 Å². The highest BCUT2D eigenvalue weighted by atomic mass is 19.4. The highest BCUT2D eigenvalue weighted by molar-refractivity contribution is 5.58. The van der Waals surface area contributed by atoms with Crippen molar-refractivity contribution < 1.29 is 13.2 Å². The van der Waals surface area contributed by atoms with E-state index >= 15 is 0 Å². The number of halogens is 3. The number of nitrogens with zero attached hydrogens (tertiary/aromatic N) is 4. The van der Waals surface area contributed by atoms with Crippen LogP contribution < -0.4 is 4.90 Å². The van der Waals surface area contributed by atoms with Gasteiger partial charge in [-0.3, -0.25) is 4.90 Å². The van der Waals surface area contributed by atoms with E-state index < -0.39 is 11.7 Å². The summed E-state index contributed by atoms with van der Waals surface area (Å²) < 4.78 is 39.5. The van der Waals surface area contributed by atoms with Gasteiger partial charge in [-0.1, -0.05) is 60.7 Å². The first kappa shape index (κ1) is 20.9. The molecule has 1 aliphatic heterocycles. The van der Waals surface area contributed by atoms with Crippen molar-refractivity contribution in [1.29, 1.82) is 5.26 Å². The summed E-state index contributed by atoms with van der Waals surface area (Å²) in [6.07, 6.45) is -3.78. The third-order valence-electron chi connectivity index (χ3n) is 5.55. The Balaban J connectivity index is 1.58. The highest BCUT2D eigenvalue weighted by Gasteiger charge is 2.33. The van der Waals surface area contributed by atoms with Crippen LogP contribution in [-0.4, -0.2) is 36.1 Å². The first-order valence-electron chi connectivity index (χ1n) is 10.0. The predicted molar refractivity (Wildman–Crippen MR) is 112 cm³/mol. The molecular formula is C24H21F3N4. The number of anilines is 1. The number of nitriles is 1.